The Kier molecular flexibility index (Phi) is 2.32. The third kappa shape index (κ3) is 1.55. The van der Waals surface area contributed by atoms with Crippen molar-refractivity contribution in [3.63, 3.8) is 0 Å². The Hall–Kier alpha value is -2.32. The highest BCUT2D eigenvalue weighted by Gasteiger charge is 2.18. The van der Waals surface area contributed by atoms with Crippen molar-refractivity contribution >= 4 is 28.5 Å². The van der Waals surface area contributed by atoms with Crippen LogP contribution >= 0.6 is 11.3 Å². The van der Waals surface area contributed by atoms with Crippen LogP contribution in [-0.2, 0) is 0 Å². The lowest BCUT2D eigenvalue weighted by molar-refractivity contribution is 0.628. The SMILES string of the molecule is Cc1ccc(-c2sc(C#N)c3nc(N)oc23)cc1. The second kappa shape index (κ2) is 3.86. The van der Waals surface area contributed by atoms with E-state index in [0.29, 0.717) is 16.0 Å². The van der Waals surface area contributed by atoms with Crippen LogP contribution in [0.5, 0.6) is 0 Å². The van der Waals surface area contributed by atoms with E-state index in [1.165, 1.54) is 16.9 Å². The second-order valence-corrected chi connectivity index (χ2v) is 4.99. The number of oxazole rings is 1. The van der Waals surface area contributed by atoms with Gasteiger partial charge >= 0.3 is 0 Å². The van der Waals surface area contributed by atoms with E-state index in [4.69, 9.17) is 15.4 Å². The molecule has 0 amide bonds. The number of nitrogens with two attached hydrogens (primary N) is 1. The van der Waals surface area contributed by atoms with Gasteiger partial charge in [-0.15, -0.1) is 11.3 Å². The van der Waals surface area contributed by atoms with Crippen LogP contribution in [0.4, 0.5) is 6.01 Å². The third-order valence-corrected chi connectivity index (χ3v) is 3.80. The monoisotopic (exact) mass is 255 g/mol. The number of nitrogen functional groups attached to an aromatic ring is 1. The number of nitriles is 1. The first kappa shape index (κ1) is 10.8. The van der Waals surface area contributed by atoms with Gasteiger partial charge in [0.25, 0.3) is 6.01 Å². The Morgan fingerprint density at radius 2 is 2.06 bits per heavy atom. The molecule has 0 unspecified atom stereocenters. The van der Waals surface area contributed by atoms with Gasteiger partial charge < -0.3 is 10.2 Å². The molecule has 2 N–H and O–H groups in total. The molecule has 0 aliphatic carbocycles. The van der Waals surface area contributed by atoms with Crippen LogP contribution in [0.15, 0.2) is 28.7 Å². The van der Waals surface area contributed by atoms with Gasteiger partial charge in [-0.2, -0.15) is 10.2 Å². The first-order valence-corrected chi connectivity index (χ1v) is 6.16. The van der Waals surface area contributed by atoms with Crippen LogP contribution in [-0.4, -0.2) is 4.98 Å². The van der Waals surface area contributed by atoms with Gasteiger partial charge in [-0.1, -0.05) is 29.8 Å². The molecule has 3 aromatic rings. The molecule has 2 heterocycles. The number of hydrogen-bond acceptors (Lipinski definition) is 5. The Balaban J connectivity index is 2.29. The van der Waals surface area contributed by atoms with Crippen LogP contribution in [0, 0.1) is 18.3 Å². The van der Waals surface area contributed by atoms with Gasteiger partial charge in [-0.3, -0.25) is 0 Å². The molecule has 0 saturated carbocycles. The van der Waals surface area contributed by atoms with Crippen molar-refractivity contribution in [2.24, 2.45) is 0 Å². The molecule has 2 aromatic heterocycles. The number of anilines is 1. The Labute approximate surface area is 107 Å². The van der Waals surface area contributed by atoms with E-state index in [1.54, 1.807) is 0 Å². The zero-order valence-electron chi connectivity index (χ0n) is 9.60. The maximum absolute atomic E-state index is 9.09. The number of hydrogen-bond donors (Lipinski definition) is 1. The summed E-state index contributed by atoms with van der Waals surface area (Å²) in [6, 6.07) is 10.3. The molecule has 0 aliphatic rings. The lowest BCUT2D eigenvalue weighted by atomic mass is 10.1. The van der Waals surface area contributed by atoms with Gasteiger partial charge in [-0.05, 0) is 12.5 Å². The minimum Gasteiger partial charge on any atom is -0.422 e. The predicted octanol–water partition coefficient (Wildman–Crippen LogP) is 3.32. The standard InChI is InChI=1S/C13H9N3OS/c1-7-2-4-8(5-3-7)12-11-10(9(6-14)18-12)16-13(15)17-11/h2-5H,1H3,(H2,15,16). The quantitative estimate of drug-likeness (QED) is 0.723. The van der Waals surface area contributed by atoms with Crippen LogP contribution in [0.25, 0.3) is 21.5 Å². The van der Waals surface area contributed by atoms with Crippen molar-refractivity contribution in [2.75, 3.05) is 5.73 Å². The summed E-state index contributed by atoms with van der Waals surface area (Å²) in [5.41, 5.74) is 8.89. The van der Waals surface area contributed by atoms with Crippen LogP contribution < -0.4 is 5.73 Å². The molecule has 0 bridgehead atoms. The number of benzene rings is 1. The molecule has 4 nitrogen and oxygen atoms in total. The highest BCUT2D eigenvalue weighted by Crippen LogP contribution is 2.39. The Morgan fingerprint density at radius 1 is 1.33 bits per heavy atom. The van der Waals surface area contributed by atoms with E-state index in [1.807, 2.05) is 31.2 Å². The summed E-state index contributed by atoms with van der Waals surface area (Å²) in [4.78, 5) is 5.47. The van der Waals surface area contributed by atoms with Crippen molar-refractivity contribution in [3.05, 3.63) is 34.7 Å². The molecular formula is C13H9N3OS. The lowest BCUT2D eigenvalue weighted by Gasteiger charge is -1.97. The highest BCUT2D eigenvalue weighted by molar-refractivity contribution is 7.17. The van der Waals surface area contributed by atoms with Gasteiger partial charge in [0.1, 0.15) is 16.5 Å². The topological polar surface area (TPSA) is 75.8 Å². The maximum atomic E-state index is 9.09. The number of rotatable bonds is 1. The average molecular weight is 255 g/mol. The number of aryl methyl sites for hydroxylation is 1. The smallest absolute Gasteiger partial charge is 0.293 e. The highest BCUT2D eigenvalue weighted by atomic mass is 32.1. The molecule has 0 radical (unpaired) electrons. The molecule has 0 fully saturated rings. The molecule has 1 aromatic carbocycles. The molecule has 18 heavy (non-hydrogen) atoms. The Morgan fingerprint density at radius 3 is 2.72 bits per heavy atom. The minimum absolute atomic E-state index is 0.0951. The van der Waals surface area contributed by atoms with Crippen LogP contribution in [0.1, 0.15) is 10.4 Å². The lowest BCUT2D eigenvalue weighted by Crippen LogP contribution is -1.81. The summed E-state index contributed by atoms with van der Waals surface area (Å²) < 4.78 is 5.39. The molecule has 0 aliphatic heterocycles. The van der Waals surface area contributed by atoms with E-state index in [0.717, 1.165) is 10.4 Å². The first-order chi connectivity index (χ1) is 8.69. The molecule has 0 atom stereocenters. The zero-order chi connectivity index (χ0) is 12.7. The zero-order valence-corrected chi connectivity index (χ0v) is 10.4. The van der Waals surface area contributed by atoms with Crippen LogP contribution in [0.2, 0.25) is 0 Å². The first-order valence-electron chi connectivity index (χ1n) is 5.35. The van der Waals surface area contributed by atoms with Gasteiger partial charge in [0, 0.05) is 0 Å². The van der Waals surface area contributed by atoms with Gasteiger partial charge in [0.15, 0.2) is 5.58 Å². The number of fused-ring (bicyclic) bond motifs is 1. The van der Waals surface area contributed by atoms with E-state index in [9.17, 15) is 0 Å². The third-order valence-electron chi connectivity index (χ3n) is 2.68. The van der Waals surface area contributed by atoms with Crippen LogP contribution in [0.3, 0.4) is 0 Å². The maximum Gasteiger partial charge on any atom is 0.293 e. The second-order valence-electron chi connectivity index (χ2n) is 3.97. The fourth-order valence-electron chi connectivity index (χ4n) is 1.81. The molecule has 0 spiro atoms. The average Bonchev–Trinajstić information content (AvgIpc) is 2.87. The molecule has 0 saturated heterocycles. The fraction of sp³-hybridized carbons (Fsp3) is 0.0769. The summed E-state index contributed by atoms with van der Waals surface area (Å²) in [6.07, 6.45) is 0. The summed E-state index contributed by atoms with van der Waals surface area (Å²) >= 11 is 1.37. The van der Waals surface area contributed by atoms with Gasteiger partial charge in [0.2, 0.25) is 0 Å². The van der Waals surface area contributed by atoms with E-state index in [-0.39, 0.29) is 6.01 Å². The summed E-state index contributed by atoms with van der Waals surface area (Å²) in [5.74, 6) is 0. The summed E-state index contributed by atoms with van der Waals surface area (Å²) in [5, 5.41) is 9.09. The largest absolute Gasteiger partial charge is 0.422 e. The van der Waals surface area contributed by atoms with E-state index >= 15 is 0 Å². The van der Waals surface area contributed by atoms with E-state index in [2.05, 4.69) is 11.1 Å². The van der Waals surface area contributed by atoms with Gasteiger partial charge in [0.05, 0.1) is 4.88 Å². The molecule has 3 rings (SSSR count). The summed E-state index contributed by atoms with van der Waals surface area (Å²) in [6.45, 7) is 2.03. The van der Waals surface area contributed by atoms with Gasteiger partial charge in [-0.25, -0.2) is 0 Å². The van der Waals surface area contributed by atoms with Crippen molar-refractivity contribution in [3.8, 4) is 16.5 Å². The molecular weight excluding hydrogens is 246 g/mol. The normalized spacial score (nSPS) is 10.7. The molecule has 5 heteroatoms. The van der Waals surface area contributed by atoms with Crippen molar-refractivity contribution < 1.29 is 4.42 Å². The van der Waals surface area contributed by atoms with Crippen molar-refractivity contribution in [1.29, 1.82) is 5.26 Å². The summed E-state index contributed by atoms with van der Waals surface area (Å²) in [7, 11) is 0. The molecule has 88 valence electrons. The fourth-order valence-corrected chi connectivity index (χ4v) is 2.78. The van der Waals surface area contributed by atoms with Crippen molar-refractivity contribution in [2.45, 2.75) is 6.92 Å². The van der Waals surface area contributed by atoms with E-state index < -0.39 is 0 Å². The minimum atomic E-state index is 0.0951. The number of aromatic nitrogens is 1. The predicted molar refractivity (Wildman–Crippen MR) is 71.2 cm³/mol. The Bertz CT molecular complexity index is 762. The number of nitrogens with zero attached hydrogens (tertiary/aromatic N) is 2. The number of thiophene rings is 1. The van der Waals surface area contributed by atoms with Crippen molar-refractivity contribution in [1.82, 2.24) is 4.98 Å².